The molecule has 4 aromatic rings. The van der Waals surface area contributed by atoms with Gasteiger partial charge in [-0.15, -0.1) is 10.2 Å². The van der Waals surface area contributed by atoms with E-state index in [1.165, 1.54) is 57.3 Å². The van der Waals surface area contributed by atoms with Crippen molar-refractivity contribution >= 4 is 16.6 Å². The number of nitrogens with one attached hydrogen (secondary N) is 2. The van der Waals surface area contributed by atoms with Crippen LogP contribution in [0.15, 0.2) is 30.7 Å². The normalized spacial score (nSPS) is 22.1. The van der Waals surface area contributed by atoms with Gasteiger partial charge < -0.3 is 10.3 Å². The zero-order chi connectivity index (χ0) is 21.9. The van der Waals surface area contributed by atoms with E-state index in [9.17, 15) is 0 Å². The predicted octanol–water partition coefficient (Wildman–Crippen LogP) is 5.86. The number of hydrogen-bond acceptors (Lipinski definition) is 3. The van der Waals surface area contributed by atoms with E-state index in [1.54, 1.807) is 6.33 Å². The molecular formula is C26H33N5. The van der Waals surface area contributed by atoms with Gasteiger partial charge in [-0.2, -0.15) is 0 Å². The Morgan fingerprint density at radius 3 is 2.52 bits per heavy atom. The molecule has 0 bridgehead atoms. The summed E-state index contributed by atoms with van der Waals surface area (Å²) >= 11 is 0. The number of benzene rings is 1. The molecule has 2 N–H and O–H groups in total. The highest BCUT2D eigenvalue weighted by Crippen LogP contribution is 2.40. The summed E-state index contributed by atoms with van der Waals surface area (Å²) in [6, 6.07) is 8.22. The summed E-state index contributed by atoms with van der Waals surface area (Å²) in [5.41, 5.74) is 9.93. The largest absolute Gasteiger partial charge is 0.354 e. The fourth-order valence-corrected chi connectivity index (χ4v) is 5.60. The fraction of sp³-hybridized carbons (Fsp3) is 0.462. The fourth-order valence-electron chi connectivity index (χ4n) is 5.60. The second-order valence-corrected chi connectivity index (χ2v) is 9.87. The van der Waals surface area contributed by atoms with Crippen molar-refractivity contribution in [2.75, 3.05) is 0 Å². The van der Waals surface area contributed by atoms with Crippen LogP contribution < -0.4 is 5.32 Å². The quantitative estimate of drug-likeness (QED) is 0.440. The maximum atomic E-state index is 4.29. The van der Waals surface area contributed by atoms with E-state index in [0.717, 1.165) is 5.65 Å². The zero-order valence-corrected chi connectivity index (χ0v) is 19.5. The summed E-state index contributed by atoms with van der Waals surface area (Å²) in [5, 5.41) is 13.4. The van der Waals surface area contributed by atoms with Crippen molar-refractivity contribution in [3.63, 3.8) is 0 Å². The van der Waals surface area contributed by atoms with Gasteiger partial charge in [0.2, 0.25) is 0 Å². The van der Waals surface area contributed by atoms with Gasteiger partial charge in [0.25, 0.3) is 0 Å². The second kappa shape index (κ2) is 7.49. The van der Waals surface area contributed by atoms with Crippen LogP contribution in [0.4, 0.5) is 0 Å². The van der Waals surface area contributed by atoms with E-state index in [0.29, 0.717) is 23.9 Å². The molecule has 0 aliphatic carbocycles. The number of aryl methyl sites for hydroxylation is 1. The first kappa shape index (κ1) is 20.3. The molecule has 2 atom stereocenters. The number of aromatic amines is 1. The van der Waals surface area contributed by atoms with Crippen LogP contribution >= 0.6 is 0 Å². The average Bonchev–Trinajstić information content (AvgIpc) is 3.33. The summed E-state index contributed by atoms with van der Waals surface area (Å²) < 4.78 is 2.04. The van der Waals surface area contributed by atoms with Crippen LogP contribution in [-0.4, -0.2) is 31.7 Å². The minimum atomic E-state index is 0.418. The lowest BCUT2D eigenvalue weighted by molar-refractivity contribution is 0.317. The number of H-pyrrole nitrogens is 1. The minimum Gasteiger partial charge on any atom is -0.354 e. The van der Waals surface area contributed by atoms with Crippen molar-refractivity contribution in [2.24, 2.45) is 0 Å². The highest BCUT2D eigenvalue weighted by Gasteiger charge is 2.26. The molecule has 162 valence electrons. The lowest BCUT2D eigenvalue weighted by atomic mass is 9.83. The Bertz CT molecular complexity index is 1250. The Balaban J connectivity index is 1.68. The number of fused-ring (bicyclic) bond motifs is 2. The second-order valence-electron chi connectivity index (χ2n) is 9.87. The van der Waals surface area contributed by atoms with Crippen LogP contribution in [0.5, 0.6) is 0 Å². The maximum absolute atomic E-state index is 4.29. The summed E-state index contributed by atoms with van der Waals surface area (Å²) in [5.74, 6) is 1.03. The molecule has 2 unspecified atom stereocenters. The third kappa shape index (κ3) is 3.35. The first-order valence-corrected chi connectivity index (χ1v) is 11.5. The van der Waals surface area contributed by atoms with Crippen molar-refractivity contribution in [3.05, 3.63) is 53.0 Å². The third-order valence-electron chi connectivity index (χ3n) is 7.17. The van der Waals surface area contributed by atoms with E-state index < -0.39 is 0 Å². The Labute approximate surface area is 184 Å². The molecule has 1 aliphatic rings. The molecule has 1 fully saturated rings. The van der Waals surface area contributed by atoms with Crippen LogP contribution in [0.3, 0.4) is 0 Å². The molecule has 3 aromatic heterocycles. The molecular weight excluding hydrogens is 382 g/mol. The van der Waals surface area contributed by atoms with Crippen LogP contribution in [0.25, 0.3) is 27.8 Å². The van der Waals surface area contributed by atoms with Gasteiger partial charge in [0.15, 0.2) is 5.65 Å². The smallest absolute Gasteiger partial charge is 0.163 e. The first-order valence-electron chi connectivity index (χ1n) is 11.5. The summed E-state index contributed by atoms with van der Waals surface area (Å²) in [6.07, 6.45) is 6.37. The molecule has 5 heteroatoms. The molecule has 0 amide bonds. The molecule has 0 spiro atoms. The van der Waals surface area contributed by atoms with Gasteiger partial charge in [0, 0.05) is 34.7 Å². The SMILES string of the molecule is Cc1c(-c2[nH]c3ccc(C4CC(C)NC(C)C4)cc3c2C(C)C)cn2cnnc2c1C. The van der Waals surface area contributed by atoms with Crippen LogP contribution in [0, 0.1) is 13.8 Å². The number of hydrogen-bond donors (Lipinski definition) is 2. The number of nitrogens with zero attached hydrogens (tertiary/aromatic N) is 3. The van der Waals surface area contributed by atoms with Crippen LogP contribution in [-0.2, 0) is 0 Å². The first-order chi connectivity index (χ1) is 14.8. The van der Waals surface area contributed by atoms with E-state index in [-0.39, 0.29) is 0 Å². The van der Waals surface area contributed by atoms with Gasteiger partial charge in [-0.05, 0) is 86.8 Å². The van der Waals surface area contributed by atoms with Crippen LogP contribution in [0.1, 0.15) is 74.6 Å². The van der Waals surface area contributed by atoms with Gasteiger partial charge in [0.1, 0.15) is 6.33 Å². The van der Waals surface area contributed by atoms with E-state index in [1.807, 2.05) is 4.40 Å². The number of aromatic nitrogens is 4. The van der Waals surface area contributed by atoms with Crippen molar-refractivity contribution in [1.29, 1.82) is 0 Å². The highest BCUT2D eigenvalue weighted by atomic mass is 15.2. The molecule has 1 aliphatic heterocycles. The van der Waals surface area contributed by atoms with Gasteiger partial charge in [0.05, 0.1) is 5.69 Å². The number of piperidine rings is 1. The number of rotatable bonds is 3. The molecule has 1 saturated heterocycles. The number of pyridine rings is 1. The molecule has 0 saturated carbocycles. The monoisotopic (exact) mass is 415 g/mol. The Morgan fingerprint density at radius 2 is 1.81 bits per heavy atom. The average molecular weight is 416 g/mol. The molecule has 1 aromatic carbocycles. The van der Waals surface area contributed by atoms with Gasteiger partial charge in [-0.3, -0.25) is 4.40 Å². The Kier molecular flexibility index (Phi) is 4.89. The maximum Gasteiger partial charge on any atom is 0.163 e. The molecule has 4 heterocycles. The molecule has 5 nitrogen and oxygen atoms in total. The van der Waals surface area contributed by atoms with Crippen LogP contribution in [0.2, 0.25) is 0 Å². The van der Waals surface area contributed by atoms with E-state index in [2.05, 4.69) is 86.4 Å². The van der Waals surface area contributed by atoms with Crippen molar-refractivity contribution in [3.8, 4) is 11.3 Å². The van der Waals surface area contributed by atoms with Crippen molar-refractivity contribution < 1.29 is 0 Å². The van der Waals surface area contributed by atoms with Crippen molar-refractivity contribution in [1.82, 2.24) is 24.9 Å². The highest BCUT2D eigenvalue weighted by molar-refractivity contribution is 5.92. The standard InChI is InChI=1S/C26H33N5/c1-14(2)24-21-11-19(20-9-15(3)28-16(4)10-20)7-8-23(21)29-25(24)22-12-31-13-27-30-26(31)18(6)17(22)5/h7-8,11-16,20,28-29H,9-10H2,1-6H3. The minimum absolute atomic E-state index is 0.418. The summed E-state index contributed by atoms with van der Waals surface area (Å²) in [6.45, 7) is 13.5. The van der Waals surface area contributed by atoms with Gasteiger partial charge in [-0.25, -0.2) is 0 Å². The Hall–Kier alpha value is -2.66. The molecule has 5 rings (SSSR count). The predicted molar refractivity (Wildman–Crippen MR) is 128 cm³/mol. The lowest BCUT2D eigenvalue weighted by Crippen LogP contribution is -2.41. The molecule has 0 radical (unpaired) electrons. The lowest BCUT2D eigenvalue weighted by Gasteiger charge is -2.33. The van der Waals surface area contributed by atoms with Crippen molar-refractivity contribution in [2.45, 2.75) is 78.3 Å². The topological polar surface area (TPSA) is 58.0 Å². The van der Waals surface area contributed by atoms with Gasteiger partial charge in [-0.1, -0.05) is 19.9 Å². The third-order valence-corrected chi connectivity index (χ3v) is 7.17. The summed E-state index contributed by atoms with van der Waals surface area (Å²) in [4.78, 5) is 3.77. The molecule has 31 heavy (non-hydrogen) atoms. The van der Waals surface area contributed by atoms with Gasteiger partial charge >= 0.3 is 0 Å². The van der Waals surface area contributed by atoms with E-state index in [4.69, 9.17) is 0 Å². The zero-order valence-electron chi connectivity index (χ0n) is 19.5. The summed E-state index contributed by atoms with van der Waals surface area (Å²) in [7, 11) is 0. The Morgan fingerprint density at radius 1 is 1.06 bits per heavy atom. The van der Waals surface area contributed by atoms with E-state index >= 15 is 0 Å².